The average Bonchev–Trinajstić information content (AvgIpc) is 4.07. The second kappa shape index (κ2) is 15.6. The fourth-order valence-electron chi connectivity index (χ4n) is 7.09. The number of rotatable bonds is 16. The molecule has 0 aromatic heterocycles. The molecule has 14 nitrogen and oxygen atoms in total. The Morgan fingerprint density at radius 2 is 1.81 bits per heavy atom. The number of benzene rings is 1. The van der Waals surface area contributed by atoms with Gasteiger partial charge in [-0.3, -0.25) is 24.0 Å². The molecule has 3 N–H and O–H groups in total. The lowest BCUT2D eigenvalue weighted by Gasteiger charge is -2.30. The van der Waals surface area contributed by atoms with E-state index in [-0.39, 0.29) is 45.3 Å². The average molecular weight is 760 g/mol. The molecule has 4 fully saturated rings. The standard InChI is InChI=1S/C37H50FN5O9S/c1-3-5-6-7-8-9-13-29(39-34(47)52-36(4-2)16-17-36)32(45)43-22-25(51-35(48)42-21-24-11-10-12-28(38)27(24)23-42)20-30(43)31(44)40-37(18-19-37)33(46)41-53(49,50)26-14-15-26/h3,5,10-12,25-26,29-30H,4,6-9,13-23H2,1-2H3,(H,39,47)(H,40,44)(H,41,46)/b5-3-/t25-,29+,30+/m1/s1. The molecular weight excluding hydrogens is 709 g/mol. The van der Waals surface area contributed by atoms with Gasteiger partial charge in [-0.15, -0.1) is 0 Å². The molecule has 2 aliphatic heterocycles. The summed E-state index contributed by atoms with van der Waals surface area (Å²) < 4.78 is 53.1. The van der Waals surface area contributed by atoms with Crippen LogP contribution in [0.3, 0.4) is 0 Å². The predicted molar refractivity (Wildman–Crippen MR) is 190 cm³/mol. The quantitative estimate of drug-likeness (QED) is 0.165. The molecule has 1 aromatic carbocycles. The number of carbonyl (C=O) groups excluding carboxylic acids is 5. The van der Waals surface area contributed by atoms with Gasteiger partial charge in [0.05, 0.1) is 18.3 Å². The van der Waals surface area contributed by atoms with Crippen molar-refractivity contribution >= 4 is 39.9 Å². The van der Waals surface area contributed by atoms with Crippen LogP contribution in [0.5, 0.6) is 0 Å². The number of fused-ring (bicyclic) bond motifs is 1. The molecule has 16 heteroatoms. The first-order valence-electron chi connectivity index (χ1n) is 18.8. The first-order valence-corrected chi connectivity index (χ1v) is 20.3. The lowest BCUT2D eigenvalue weighted by molar-refractivity contribution is -0.141. The molecule has 5 aliphatic rings. The number of nitrogens with one attached hydrogen (secondary N) is 3. The smallest absolute Gasteiger partial charge is 0.410 e. The number of allylic oxidation sites excluding steroid dienone is 2. The van der Waals surface area contributed by atoms with Crippen molar-refractivity contribution in [3.63, 3.8) is 0 Å². The molecule has 5 amide bonds. The van der Waals surface area contributed by atoms with Crippen LogP contribution in [0.4, 0.5) is 14.0 Å². The lowest BCUT2D eigenvalue weighted by Crippen LogP contribution is -2.57. The third kappa shape index (κ3) is 9.13. The van der Waals surface area contributed by atoms with E-state index in [1.807, 2.05) is 19.9 Å². The Hall–Kier alpha value is -4.21. The third-order valence-corrected chi connectivity index (χ3v) is 12.8. The Balaban J connectivity index is 1.18. The maximum Gasteiger partial charge on any atom is 0.410 e. The van der Waals surface area contributed by atoms with Crippen molar-refractivity contribution in [2.75, 3.05) is 6.54 Å². The number of ether oxygens (including phenoxy) is 2. The van der Waals surface area contributed by atoms with Crippen LogP contribution in [-0.2, 0) is 47.0 Å². The highest BCUT2D eigenvalue weighted by molar-refractivity contribution is 7.91. The van der Waals surface area contributed by atoms with Crippen LogP contribution in [0.25, 0.3) is 0 Å². The number of alkyl carbamates (subject to hydrolysis) is 1. The maximum absolute atomic E-state index is 14.4. The van der Waals surface area contributed by atoms with Crippen molar-refractivity contribution in [1.82, 2.24) is 25.2 Å². The third-order valence-electron chi connectivity index (χ3n) is 11.0. The van der Waals surface area contributed by atoms with E-state index in [2.05, 4.69) is 21.4 Å². The molecule has 0 radical (unpaired) electrons. The van der Waals surface area contributed by atoms with Gasteiger partial charge in [-0.05, 0) is 82.8 Å². The Labute approximate surface area is 309 Å². The number of carbonyl (C=O) groups is 5. The highest BCUT2D eigenvalue weighted by Gasteiger charge is 2.55. The predicted octanol–water partition coefficient (Wildman–Crippen LogP) is 4.07. The van der Waals surface area contributed by atoms with Crippen LogP contribution in [0, 0.1) is 5.82 Å². The zero-order valence-corrected chi connectivity index (χ0v) is 31.2. The van der Waals surface area contributed by atoms with Gasteiger partial charge in [0.1, 0.15) is 35.1 Å². The van der Waals surface area contributed by atoms with E-state index in [0.29, 0.717) is 36.8 Å². The van der Waals surface area contributed by atoms with Crippen LogP contribution < -0.4 is 15.4 Å². The zero-order chi connectivity index (χ0) is 38.0. The van der Waals surface area contributed by atoms with Crippen molar-refractivity contribution in [1.29, 1.82) is 0 Å². The number of amides is 5. The normalized spacial score (nSPS) is 22.8. The van der Waals surface area contributed by atoms with Gasteiger partial charge in [-0.25, -0.2) is 22.4 Å². The van der Waals surface area contributed by atoms with Crippen LogP contribution in [-0.4, -0.2) is 89.2 Å². The van der Waals surface area contributed by atoms with E-state index in [0.717, 1.165) is 32.1 Å². The van der Waals surface area contributed by atoms with Crippen LogP contribution in [0.2, 0.25) is 0 Å². The molecule has 0 spiro atoms. The first kappa shape index (κ1) is 38.5. The molecular formula is C37H50FN5O9S. The second-order valence-corrected chi connectivity index (χ2v) is 17.0. The molecule has 3 atom stereocenters. The number of nitrogens with zero attached hydrogens (tertiary/aromatic N) is 2. The van der Waals surface area contributed by atoms with Crippen molar-refractivity contribution < 1.29 is 46.3 Å². The molecule has 3 saturated carbocycles. The molecule has 2 heterocycles. The van der Waals surface area contributed by atoms with Gasteiger partial charge in [0, 0.05) is 18.5 Å². The summed E-state index contributed by atoms with van der Waals surface area (Å²) in [6.07, 6.45) is 8.31. The highest BCUT2D eigenvalue weighted by atomic mass is 32.2. The topological polar surface area (TPSA) is 181 Å². The highest BCUT2D eigenvalue weighted by Crippen LogP contribution is 2.42. The Morgan fingerprint density at radius 1 is 1.06 bits per heavy atom. The second-order valence-electron chi connectivity index (χ2n) is 15.1. The van der Waals surface area contributed by atoms with E-state index in [9.17, 15) is 36.8 Å². The minimum absolute atomic E-state index is 0.00290. The van der Waals surface area contributed by atoms with Gasteiger partial charge < -0.3 is 25.0 Å². The fourth-order valence-corrected chi connectivity index (χ4v) is 8.47. The Kier molecular flexibility index (Phi) is 11.4. The van der Waals surface area contributed by atoms with Crippen LogP contribution in [0.1, 0.15) is 108 Å². The van der Waals surface area contributed by atoms with Crippen molar-refractivity contribution in [3.05, 3.63) is 47.3 Å². The van der Waals surface area contributed by atoms with Gasteiger partial charge in [0.15, 0.2) is 0 Å². The van der Waals surface area contributed by atoms with Crippen LogP contribution >= 0.6 is 0 Å². The molecule has 1 saturated heterocycles. The summed E-state index contributed by atoms with van der Waals surface area (Å²) >= 11 is 0. The number of unbranched alkanes of at least 4 members (excludes halogenated alkanes) is 3. The van der Waals surface area contributed by atoms with Gasteiger partial charge in [-0.1, -0.05) is 44.1 Å². The summed E-state index contributed by atoms with van der Waals surface area (Å²) in [5, 5.41) is 4.81. The molecule has 53 heavy (non-hydrogen) atoms. The largest absolute Gasteiger partial charge is 0.444 e. The molecule has 3 aliphatic carbocycles. The maximum atomic E-state index is 14.4. The van der Waals surface area contributed by atoms with Gasteiger partial charge in [-0.2, -0.15) is 0 Å². The molecule has 0 unspecified atom stereocenters. The Morgan fingerprint density at radius 3 is 2.45 bits per heavy atom. The SMILES string of the molecule is C/C=C\CCCCC[C@H](NC(=O)OC1(CC)CC1)C(=O)N1C[C@H](OC(=O)N2Cc3cccc(F)c3C2)C[C@H]1C(=O)NC1(C(=O)NS(=O)(=O)C2CC2)CC1. The summed E-state index contributed by atoms with van der Waals surface area (Å²) in [5.41, 5.74) is -0.962. The molecule has 290 valence electrons. The van der Waals surface area contributed by atoms with Crippen molar-refractivity contribution in [2.24, 2.45) is 0 Å². The number of likely N-dealkylation sites (tertiary alicyclic amines) is 1. The Bertz CT molecular complexity index is 1740. The van der Waals surface area contributed by atoms with Crippen LogP contribution in [0.15, 0.2) is 30.4 Å². The van der Waals surface area contributed by atoms with Gasteiger partial charge in [0.25, 0.3) is 5.91 Å². The number of hydrogen-bond donors (Lipinski definition) is 3. The number of hydrogen-bond acceptors (Lipinski definition) is 9. The van der Waals surface area contributed by atoms with E-state index in [4.69, 9.17) is 9.47 Å². The van der Waals surface area contributed by atoms with Crippen molar-refractivity contribution in [3.8, 4) is 0 Å². The van der Waals surface area contributed by atoms with E-state index >= 15 is 0 Å². The minimum atomic E-state index is -3.87. The van der Waals surface area contributed by atoms with Gasteiger partial charge in [0.2, 0.25) is 21.8 Å². The van der Waals surface area contributed by atoms with Gasteiger partial charge >= 0.3 is 12.2 Å². The summed E-state index contributed by atoms with van der Waals surface area (Å²) in [7, 11) is -3.87. The van der Waals surface area contributed by atoms with E-state index in [1.165, 1.54) is 15.9 Å². The van der Waals surface area contributed by atoms with Crippen molar-refractivity contribution in [2.45, 2.75) is 145 Å². The summed E-state index contributed by atoms with van der Waals surface area (Å²) in [6.45, 7) is 3.82. The molecule has 0 bridgehead atoms. The minimum Gasteiger partial charge on any atom is -0.444 e. The summed E-state index contributed by atoms with van der Waals surface area (Å²) in [6, 6.07) is 2.35. The van der Waals surface area contributed by atoms with E-state index < -0.39 is 80.3 Å². The summed E-state index contributed by atoms with van der Waals surface area (Å²) in [4.78, 5) is 70.6. The number of halogens is 1. The lowest BCUT2D eigenvalue weighted by atomic mass is 10.0. The number of sulfonamides is 1. The monoisotopic (exact) mass is 759 g/mol. The summed E-state index contributed by atoms with van der Waals surface area (Å²) in [5.74, 6) is -2.54. The zero-order valence-electron chi connectivity index (χ0n) is 30.4. The fraction of sp³-hybridized carbons (Fsp3) is 0.649. The molecule has 6 rings (SSSR count). The first-order chi connectivity index (χ1) is 25.3. The molecule has 1 aromatic rings. The van der Waals surface area contributed by atoms with E-state index in [1.54, 1.807) is 12.1 Å².